The van der Waals surface area contributed by atoms with Crippen LogP contribution in [0.25, 0.3) is 0 Å². The number of nitrogens with two attached hydrogens (primary N) is 1. The fourth-order valence-electron chi connectivity index (χ4n) is 0.892. The van der Waals surface area contributed by atoms with Crippen LogP contribution < -0.4 is 11.1 Å². The van der Waals surface area contributed by atoms with Crippen molar-refractivity contribution in [2.45, 2.75) is 18.7 Å². The topological polar surface area (TPSA) is 64.3 Å². The Balaban J connectivity index is 2.48. The van der Waals surface area contributed by atoms with Gasteiger partial charge >= 0.3 is 0 Å². The van der Waals surface area contributed by atoms with Crippen LogP contribution in [0.2, 0.25) is 0 Å². The van der Waals surface area contributed by atoms with Crippen LogP contribution in [0, 0.1) is 0 Å². The normalized spacial score (nSPS) is 40.0. The number of ether oxygens (including phenoxy) is 1. The van der Waals surface area contributed by atoms with Crippen LogP contribution in [0.1, 0.15) is 6.92 Å². The lowest BCUT2D eigenvalue weighted by Gasteiger charge is -2.19. The minimum Gasteiger partial charge on any atom is -0.354 e. The van der Waals surface area contributed by atoms with E-state index in [-0.39, 0.29) is 5.54 Å². The molecule has 2 atom stereocenters. The zero-order valence-electron chi connectivity index (χ0n) is 5.96. The number of aldehydes is 1. The van der Waals surface area contributed by atoms with Gasteiger partial charge in [0.2, 0.25) is 0 Å². The van der Waals surface area contributed by atoms with E-state index in [1.54, 1.807) is 0 Å². The molecule has 4 nitrogen and oxygen atoms in total. The lowest BCUT2D eigenvalue weighted by molar-refractivity contribution is -0.116. The Morgan fingerprint density at radius 1 is 2.00 bits per heavy atom. The first-order valence-corrected chi connectivity index (χ1v) is 3.25. The molecule has 0 bridgehead atoms. The van der Waals surface area contributed by atoms with Crippen molar-refractivity contribution in [1.29, 1.82) is 0 Å². The van der Waals surface area contributed by atoms with Gasteiger partial charge in [0.1, 0.15) is 0 Å². The summed E-state index contributed by atoms with van der Waals surface area (Å²) in [4.78, 5) is 10.2. The van der Waals surface area contributed by atoms with Crippen molar-refractivity contribution in [1.82, 2.24) is 5.32 Å². The third-order valence-electron chi connectivity index (χ3n) is 1.65. The van der Waals surface area contributed by atoms with E-state index in [0.717, 1.165) is 6.29 Å². The van der Waals surface area contributed by atoms with Gasteiger partial charge in [0.05, 0.1) is 12.1 Å². The maximum atomic E-state index is 10.2. The average Bonchev–Trinajstić information content (AvgIpc) is 2.33. The smallest absolute Gasteiger partial charge is 0.165 e. The molecular formula is C6H12N2O2. The number of carbonyl (C=O) groups is 1. The monoisotopic (exact) mass is 144 g/mol. The van der Waals surface area contributed by atoms with Crippen LogP contribution in [-0.4, -0.2) is 31.2 Å². The van der Waals surface area contributed by atoms with Crippen LogP contribution in [0.4, 0.5) is 0 Å². The van der Waals surface area contributed by atoms with Crippen LogP contribution in [0.5, 0.6) is 0 Å². The molecule has 0 aromatic rings. The summed E-state index contributed by atoms with van der Waals surface area (Å²) in [6.07, 6.45) is 0.273. The molecular weight excluding hydrogens is 132 g/mol. The van der Waals surface area contributed by atoms with Gasteiger partial charge < -0.3 is 10.5 Å². The van der Waals surface area contributed by atoms with E-state index in [1.807, 2.05) is 6.92 Å². The third kappa shape index (κ3) is 1.34. The molecule has 0 aliphatic carbocycles. The molecule has 1 aliphatic heterocycles. The first-order valence-electron chi connectivity index (χ1n) is 3.25. The van der Waals surface area contributed by atoms with E-state index >= 15 is 0 Å². The largest absolute Gasteiger partial charge is 0.354 e. The molecule has 1 rings (SSSR count). The van der Waals surface area contributed by atoms with E-state index in [1.165, 1.54) is 0 Å². The summed E-state index contributed by atoms with van der Waals surface area (Å²) in [5, 5.41) is 2.95. The van der Waals surface area contributed by atoms with Gasteiger partial charge in [-0.2, -0.15) is 0 Å². The summed E-state index contributed by atoms with van der Waals surface area (Å²) < 4.78 is 5.05. The van der Waals surface area contributed by atoms with Crippen molar-refractivity contribution < 1.29 is 9.53 Å². The van der Waals surface area contributed by atoms with Crippen molar-refractivity contribution >= 4 is 6.29 Å². The summed E-state index contributed by atoms with van der Waals surface area (Å²) in [5.41, 5.74) is 5.21. The summed E-state index contributed by atoms with van der Waals surface area (Å²) in [5.74, 6) is 0. The van der Waals surface area contributed by atoms with Gasteiger partial charge in [0.15, 0.2) is 12.5 Å². The fourth-order valence-corrected chi connectivity index (χ4v) is 0.892. The molecule has 1 saturated heterocycles. The molecule has 1 fully saturated rings. The maximum absolute atomic E-state index is 10.2. The second kappa shape index (κ2) is 2.65. The third-order valence-corrected chi connectivity index (χ3v) is 1.65. The Bertz CT molecular complexity index is 140. The lowest BCUT2D eigenvalue weighted by atomic mass is 10.1. The predicted octanol–water partition coefficient (Wildman–Crippen LogP) is -1.15. The van der Waals surface area contributed by atoms with E-state index < -0.39 is 6.23 Å². The zero-order valence-corrected chi connectivity index (χ0v) is 5.96. The first kappa shape index (κ1) is 7.65. The summed E-state index contributed by atoms with van der Waals surface area (Å²) >= 11 is 0. The minimum absolute atomic E-state index is 0.217. The minimum atomic E-state index is -0.464. The second-order valence-electron chi connectivity index (χ2n) is 2.78. The molecule has 58 valence electrons. The van der Waals surface area contributed by atoms with Gasteiger partial charge in [0, 0.05) is 6.54 Å². The molecule has 10 heavy (non-hydrogen) atoms. The van der Waals surface area contributed by atoms with Gasteiger partial charge in [-0.3, -0.25) is 10.1 Å². The predicted molar refractivity (Wildman–Crippen MR) is 36.4 cm³/mol. The molecule has 0 spiro atoms. The van der Waals surface area contributed by atoms with Crippen molar-refractivity contribution in [2.24, 2.45) is 5.73 Å². The Hall–Kier alpha value is -0.450. The van der Waals surface area contributed by atoms with Crippen LogP contribution in [-0.2, 0) is 9.53 Å². The zero-order chi connectivity index (χ0) is 7.61. The average molecular weight is 144 g/mol. The Labute approximate surface area is 59.7 Å². The lowest BCUT2D eigenvalue weighted by Crippen LogP contribution is -2.48. The maximum Gasteiger partial charge on any atom is 0.165 e. The number of nitrogens with one attached hydrogen (secondary N) is 1. The molecule has 1 aliphatic rings. The quantitative estimate of drug-likeness (QED) is 0.480. The highest BCUT2D eigenvalue weighted by molar-refractivity contribution is 5.56. The van der Waals surface area contributed by atoms with Gasteiger partial charge in [-0.25, -0.2) is 0 Å². The molecule has 1 heterocycles. The van der Waals surface area contributed by atoms with Crippen molar-refractivity contribution in [3.63, 3.8) is 0 Å². The second-order valence-corrected chi connectivity index (χ2v) is 2.78. The highest BCUT2D eigenvalue weighted by Gasteiger charge is 2.33. The van der Waals surface area contributed by atoms with Gasteiger partial charge in [-0.05, 0) is 6.92 Å². The van der Waals surface area contributed by atoms with Crippen LogP contribution in [0.3, 0.4) is 0 Å². The number of rotatable bonds is 2. The van der Waals surface area contributed by atoms with Crippen LogP contribution in [0.15, 0.2) is 0 Å². The highest BCUT2D eigenvalue weighted by Crippen LogP contribution is 2.11. The van der Waals surface area contributed by atoms with Crippen molar-refractivity contribution in [3.05, 3.63) is 0 Å². The Kier molecular flexibility index (Phi) is 2.03. The molecule has 0 aromatic heterocycles. The fraction of sp³-hybridized carbons (Fsp3) is 0.833. The number of hydrogen-bond acceptors (Lipinski definition) is 4. The van der Waals surface area contributed by atoms with E-state index in [2.05, 4.69) is 5.32 Å². The molecule has 0 aromatic carbocycles. The van der Waals surface area contributed by atoms with Gasteiger partial charge in [-0.15, -0.1) is 0 Å². The van der Waals surface area contributed by atoms with Crippen molar-refractivity contribution in [3.8, 4) is 0 Å². The Morgan fingerprint density at radius 3 is 3.00 bits per heavy atom. The molecule has 3 N–H and O–H groups in total. The molecule has 0 amide bonds. The van der Waals surface area contributed by atoms with Gasteiger partial charge in [0.25, 0.3) is 0 Å². The summed E-state index contributed by atoms with van der Waals surface area (Å²) in [7, 11) is 0. The van der Waals surface area contributed by atoms with Crippen LogP contribution >= 0.6 is 0 Å². The number of carbonyl (C=O) groups excluding carboxylic acids is 1. The molecule has 2 unspecified atom stereocenters. The Morgan fingerprint density at radius 2 is 2.70 bits per heavy atom. The van der Waals surface area contributed by atoms with E-state index in [9.17, 15) is 4.79 Å². The first-order chi connectivity index (χ1) is 4.70. The van der Waals surface area contributed by atoms with E-state index in [0.29, 0.717) is 13.2 Å². The van der Waals surface area contributed by atoms with Gasteiger partial charge in [-0.1, -0.05) is 0 Å². The van der Waals surface area contributed by atoms with Crippen molar-refractivity contribution in [2.75, 3.05) is 13.2 Å². The molecule has 4 heteroatoms. The molecule has 0 saturated carbocycles. The summed E-state index contributed by atoms with van der Waals surface area (Å²) in [6.45, 7) is 2.92. The standard InChI is InChI=1S/C6H12N2O2/c1-6(3-7)4-10-5(2-9)8-6/h2,5,8H,3-4,7H2,1H3. The van der Waals surface area contributed by atoms with E-state index in [4.69, 9.17) is 10.5 Å². The SMILES string of the molecule is CC1(CN)COC(C=O)N1. The number of hydrogen-bond donors (Lipinski definition) is 2. The molecule has 0 radical (unpaired) electrons. The summed E-state index contributed by atoms with van der Waals surface area (Å²) in [6, 6.07) is 0. The highest BCUT2D eigenvalue weighted by atomic mass is 16.5.